The van der Waals surface area contributed by atoms with Gasteiger partial charge in [-0.05, 0) is 60.4 Å². The zero-order valence-electron chi connectivity index (χ0n) is 17.1. The van der Waals surface area contributed by atoms with Crippen LogP contribution in [0.3, 0.4) is 0 Å². The summed E-state index contributed by atoms with van der Waals surface area (Å²) >= 11 is 0. The summed E-state index contributed by atoms with van der Waals surface area (Å²) in [7, 11) is 0. The summed E-state index contributed by atoms with van der Waals surface area (Å²) in [6, 6.07) is 5.63. The third-order valence-corrected chi connectivity index (χ3v) is 7.11. The third kappa shape index (κ3) is 2.51. The van der Waals surface area contributed by atoms with Gasteiger partial charge < -0.3 is 4.74 Å². The van der Waals surface area contributed by atoms with Crippen molar-refractivity contribution >= 4 is 0 Å². The monoisotopic (exact) mass is 421 g/mol. The fraction of sp³-hybridized carbons (Fsp3) is 0.391. The Kier molecular flexibility index (Phi) is 3.93. The lowest BCUT2D eigenvalue weighted by molar-refractivity contribution is -0.0903. The molecule has 3 aliphatic carbocycles. The van der Waals surface area contributed by atoms with E-state index in [1.165, 1.54) is 30.1 Å². The first-order valence-electron chi connectivity index (χ1n) is 10.6. The van der Waals surface area contributed by atoms with Crippen molar-refractivity contribution in [2.75, 3.05) is 0 Å². The van der Waals surface area contributed by atoms with Crippen molar-refractivity contribution in [3.05, 3.63) is 71.0 Å². The summed E-state index contributed by atoms with van der Waals surface area (Å²) in [5, 5.41) is 15.6. The first-order chi connectivity index (χ1) is 15.0. The van der Waals surface area contributed by atoms with Gasteiger partial charge in [-0.2, -0.15) is 10.2 Å². The van der Waals surface area contributed by atoms with E-state index in [0.29, 0.717) is 24.1 Å². The molecule has 0 spiro atoms. The van der Waals surface area contributed by atoms with Gasteiger partial charge in [0.15, 0.2) is 5.82 Å². The molecule has 1 fully saturated rings. The van der Waals surface area contributed by atoms with E-state index >= 15 is 0 Å². The Morgan fingerprint density at radius 1 is 1.26 bits per heavy atom. The van der Waals surface area contributed by atoms with E-state index in [1.54, 1.807) is 6.07 Å². The number of rotatable bonds is 5. The highest BCUT2D eigenvalue weighted by Crippen LogP contribution is 2.67. The first kappa shape index (κ1) is 18.7. The molecule has 6 nitrogen and oxygen atoms in total. The second kappa shape index (κ2) is 6.50. The summed E-state index contributed by atoms with van der Waals surface area (Å²) in [4.78, 5) is 4.27. The Morgan fingerprint density at radius 3 is 2.77 bits per heavy atom. The van der Waals surface area contributed by atoms with E-state index < -0.39 is 17.2 Å². The SMILES string of the molecule is CC[C@@H](O[C@]12C=C3C(C)[C@H](c4cc(-c5c(F)cccc5F)nnc41)C3C2)c1ncn[nH]1. The van der Waals surface area contributed by atoms with Gasteiger partial charge in [0, 0.05) is 0 Å². The van der Waals surface area contributed by atoms with Gasteiger partial charge in [0.1, 0.15) is 35.4 Å². The van der Waals surface area contributed by atoms with Crippen molar-refractivity contribution in [1.82, 2.24) is 25.4 Å². The fourth-order valence-corrected chi connectivity index (χ4v) is 5.72. The Labute approximate surface area is 177 Å². The summed E-state index contributed by atoms with van der Waals surface area (Å²) in [5.74, 6) is 0.340. The predicted octanol–water partition coefficient (Wildman–Crippen LogP) is 4.60. The third-order valence-electron chi connectivity index (χ3n) is 7.11. The van der Waals surface area contributed by atoms with Gasteiger partial charge in [-0.3, -0.25) is 5.10 Å². The molecule has 6 rings (SSSR count). The maximum atomic E-state index is 14.4. The molecule has 3 aliphatic rings. The zero-order valence-corrected chi connectivity index (χ0v) is 17.1. The maximum absolute atomic E-state index is 14.4. The highest BCUT2D eigenvalue weighted by atomic mass is 19.1. The molecule has 0 amide bonds. The average Bonchev–Trinajstić information content (AvgIpc) is 3.36. The number of fused-ring (bicyclic) bond motifs is 4. The minimum Gasteiger partial charge on any atom is -0.353 e. The van der Waals surface area contributed by atoms with Gasteiger partial charge in [-0.15, -0.1) is 5.10 Å². The van der Waals surface area contributed by atoms with Crippen LogP contribution < -0.4 is 0 Å². The van der Waals surface area contributed by atoms with Crippen LogP contribution >= 0.6 is 0 Å². The topological polar surface area (TPSA) is 76.6 Å². The molecule has 2 bridgehead atoms. The van der Waals surface area contributed by atoms with E-state index in [0.717, 1.165) is 17.7 Å². The molecule has 1 saturated carbocycles. The van der Waals surface area contributed by atoms with Crippen LogP contribution in [0.25, 0.3) is 11.3 Å². The number of aromatic amines is 1. The Bertz CT molecular complexity index is 1190. The minimum atomic E-state index is -0.719. The highest BCUT2D eigenvalue weighted by molar-refractivity contribution is 5.63. The molecular formula is C23H21F2N5O. The van der Waals surface area contributed by atoms with Crippen LogP contribution in [0.15, 0.2) is 42.2 Å². The summed E-state index contributed by atoms with van der Waals surface area (Å²) < 4.78 is 35.5. The Morgan fingerprint density at radius 2 is 2.06 bits per heavy atom. The van der Waals surface area contributed by atoms with Gasteiger partial charge in [0.05, 0.1) is 11.3 Å². The molecule has 1 aromatic carbocycles. The van der Waals surface area contributed by atoms with Crippen molar-refractivity contribution in [3.63, 3.8) is 0 Å². The largest absolute Gasteiger partial charge is 0.353 e. The van der Waals surface area contributed by atoms with Crippen LogP contribution in [-0.2, 0) is 10.3 Å². The normalized spacial score (nSPS) is 28.6. The number of halogens is 2. The molecule has 0 aliphatic heterocycles. The molecule has 2 unspecified atom stereocenters. The maximum Gasteiger partial charge on any atom is 0.153 e. The van der Waals surface area contributed by atoms with Gasteiger partial charge >= 0.3 is 0 Å². The molecule has 2 heterocycles. The van der Waals surface area contributed by atoms with E-state index in [2.05, 4.69) is 38.4 Å². The molecule has 5 atom stereocenters. The van der Waals surface area contributed by atoms with E-state index in [-0.39, 0.29) is 23.3 Å². The van der Waals surface area contributed by atoms with E-state index in [9.17, 15) is 8.78 Å². The number of allylic oxidation sites excluding steroid dienone is 1. The van der Waals surface area contributed by atoms with Crippen molar-refractivity contribution < 1.29 is 13.5 Å². The lowest BCUT2D eigenvalue weighted by atomic mass is 9.57. The predicted molar refractivity (Wildman–Crippen MR) is 108 cm³/mol. The molecule has 8 heteroatoms. The lowest BCUT2D eigenvalue weighted by Gasteiger charge is -2.48. The van der Waals surface area contributed by atoms with Crippen LogP contribution in [0.2, 0.25) is 0 Å². The second-order valence-electron chi connectivity index (χ2n) is 8.67. The van der Waals surface area contributed by atoms with Gasteiger partial charge in [0.2, 0.25) is 0 Å². The number of H-pyrrole nitrogens is 1. The van der Waals surface area contributed by atoms with E-state index in [1.807, 2.05) is 6.92 Å². The van der Waals surface area contributed by atoms with Crippen LogP contribution in [0.5, 0.6) is 0 Å². The fourth-order valence-electron chi connectivity index (χ4n) is 5.72. The lowest BCUT2D eigenvalue weighted by Crippen LogP contribution is -2.42. The smallest absolute Gasteiger partial charge is 0.153 e. The van der Waals surface area contributed by atoms with Gasteiger partial charge in [-0.25, -0.2) is 13.8 Å². The van der Waals surface area contributed by atoms with Crippen molar-refractivity contribution in [2.24, 2.45) is 11.8 Å². The molecular weight excluding hydrogens is 400 g/mol. The molecule has 0 saturated heterocycles. The van der Waals surface area contributed by atoms with Crippen LogP contribution in [0.1, 0.15) is 55.8 Å². The first-order valence-corrected chi connectivity index (χ1v) is 10.6. The van der Waals surface area contributed by atoms with Crippen LogP contribution in [-0.4, -0.2) is 25.4 Å². The van der Waals surface area contributed by atoms with E-state index in [4.69, 9.17) is 4.74 Å². The molecule has 1 N–H and O–H groups in total. The molecule has 31 heavy (non-hydrogen) atoms. The quantitative estimate of drug-likeness (QED) is 0.610. The zero-order chi connectivity index (χ0) is 21.3. The summed E-state index contributed by atoms with van der Waals surface area (Å²) in [6.07, 6.45) is 4.91. The second-order valence-corrected chi connectivity index (χ2v) is 8.67. The molecule has 3 aromatic rings. The number of benzene rings is 1. The van der Waals surface area contributed by atoms with Crippen molar-refractivity contribution in [3.8, 4) is 11.3 Å². The van der Waals surface area contributed by atoms with Crippen LogP contribution in [0.4, 0.5) is 8.78 Å². The molecule has 2 aromatic heterocycles. The number of nitrogens with zero attached hydrogens (tertiary/aromatic N) is 4. The summed E-state index contributed by atoms with van der Waals surface area (Å²) in [5.41, 5.74) is 2.44. The van der Waals surface area contributed by atoms with Crippen molar-refractivity contribution in [2.45, 2.75) is 44.3 Å². The van der Waals surface area contributed by atoms with Gasteiger partial charge in [-0.1, -0.05) is 25.5 Å². The number of nitrogens with one attached hydrogen (secondary N) is 1. The molecule has 158 valence electrons. The number of ether oxygens (including phenoxy) is 1. The van der Waals surface area contributed by atoms with Crippen LogP contribution in [0, 0.1) is 23.5 Å². The number of aromatic nitrogens is 5. The standard InChI is InChI=1S/C23H21F2N5O/c1-3-18(22-26-10-27-30-22)31-23-8-13-11(2)19(14(13)9-23)12-7-17(28-29-21(12)23)20-15(24)5-4-6-16(20)25/h4-8,10-11,14,18-19H,3,9H2,1-2H3,(H,26,27,30)/t11?,14?,18-,19-,23+/m1/s1. The highest BCUT2D eigenvalue weighted by Gasteiger charge is 2.61. The van der Waals surface area contributed by atoms with Gasteiger partial charge in [0.25, 0.3) is 0 Å². The number of hydrogen-bond acceptors (Lipinski definition) is 5. The summed E-state index contributed by atoms with van der Waals surface area (Å²) in [6.45, 7) is 4.22. The number of hydrogen-bond donors (Lipinski definition) is 1. The Balaban J connectivity index is 1.48. The molecule has 0 radical (unpaired) electrons. The minimum absolute atomic E-state index is 0.140. The Hall–Kier alpha value is -3.00. The van der Waals surface area contributed by atoms with Crippen molar-refractivity contribution in [1.29, 1.82) is 0 Å². The average molecular weight is 421 g/mol.